The Morgan fingerprint density at radius 1 is 0.698 bits per heavy atom. The van der Waals surface area contributed by atoms with Crippen molar-refractivity contribution in [3.63, 3.8) is 0 Å². The van der Waals surface area contributed by atoms with Crippen molar-refractivity contribution in [1.82, 2.24) is 4.31 Å². The van der Waals surface area contributed by atoms with Gasteiger partial charge in [0.2, 0.25) is 10.0 Å². The predicted octanol–water partition coefficient (Wildman–Crippen LogP) is 6.25. The first-order valence-corrected chi connectivity index (χ1v) is 17.4. The van der Waals surface area contributed by atoms with Gasteiger partial charge in [-0.1, -0.05) is 91.7 Å². The van der Waals surface area contributed by atoms with Crippen LogP contribution in [-0.2, 0) is 26.5 Å². The molecule has 1 aliphatic heterocycles. The molecule has 0 bridgehead atoms. The van der Waals surface area contributed by atoms with Crippen LogP contribution in [-0.4, -0.2) is 46.3 Å². The summed E-state index contributed by atoms with van der Waals surface area (Å²) in [7, 11) is -8.07. The van der Waals surface area contributed by atoms with E-state index in [1.807, 2.05) is 76.2 Å². The first-order chi connectivity index (χ1) is 20.5. The lowest BCUT2D eigenvalue weighted by atomic mass is 10.0. The largest absolute Gasteiger partial charge is 0.379 e. The maximum absolute atomic E-state index is 14.5. The van der Waals surface area contributed by atoms with Crippen LogP contribution in [0, 0.1) is 19.8 Å². The highest BCUT2D eigenvalue weighted by Gasteiger charge is 2.40. The SMILES string of the molecule is Cc1ccc(S(=O)(=O)N2C[C@H](C(C)C)N(S(=O)(=O)c3ccc(C)cc3)C[C@H](Cc3ccccc3)Nc3ccccc32)cc1. The Morgan fingerprint density at radius 3 is 1.81 bits per heavy atom. The minimum Gasteiger partial charge on any atom is -0.379 e. The normalized spacial score (nSPS) is 18.3. The number of sulfonamides is 2. The summed E-state index contributed by atoms with van der Waals surface area (Å²) in [5.74, 6) is -0.196. The zero-order chi connectivity index (χ0) is 30.8. The lowest BCUT2D eigenvalue weighted by Crippen LogP contribution is -2.53. The molecule has 4 aromatic rings. The van der Waals surface area contributed by atoms with Crippen LogP contribution in [0.1, 0.15) is 30.5 Å². The highest BCUT2D eigenvalue weighted by Crippen LogP contribution is 2.36. The lowest BCUT2D eigenvalue weighted by Gasteiger charge is -2.37. The van der Waals surface area contributed by atoms with E-state index in [0.717, 1.165) is 16.7 Å². The number of para-hydroxylation sites is 2. The number of rotatable bonds is 7. The van der Waals surface area contributed by atoms with Crippen molar-refractivity contribution in [3.05, 3.63) is 120 Å². The Labute approximate surface area is 256 Å². The monoisotopic (exact) mass is 617 g/mol. The van der Waals surface area contributed by atoms with Crippen molar-refractivity contribution in [2.24, 2.45) is 5.92 Å². The van der Waals surface area contributed by atoms with Gasteiger partial charge in [0.25, 0.3) is 10.0 Å². The second-order valence-electron chi connectivity index (χ2n) is 11.6. The van der Waals surface area contributed by atoms with Gasteiger partial charge in [0, 0.05) is 18.6 Å². The molecular weight excluding hydrogens is 579 g/mol. The molecule has 0 radical (unpaired) electrons. The number of hydrogen-bond donors (Lipinski definition) is 1. The molecule has 226 valence electrons. The first-order valence-electron chi connectivity index (χ1n) is 14.5. The number of hydrogen-bond acceptors (Lipinski definition) is 5. The van der Waals surface area contributed by atoms with E-state index < -0.39 is 26.1 Å². The number of nitrogens with one attached hydrogen (secondary N) is 1. The molecule has 0 fully saturated rings. The molecule has 1 heterocycles. The predicted molar refractivity (Wildman–Crippen MR) is 173 cm³/mol. The van der Waals surface area contributed by atoms with E-state index in [-0.39, 0.29) is 34.8 Å². The van der Waals surface area contributed by atoms with Crippen LogP contribution in [0.2, 0.25) is 0 Å². The van der Waals surface area contributed by atoms with E-state index in [1.165, 1.54) is 8.61 Å². The van der Waals surface area contributed by atoms with Gasteiger partial charge in [0.15, 0.2) is 0 Å². The van der Waals surface area contributed by atoms with Crippen LogP contribution in [0.15, 0.2) is 113 Å². The van der Waals surface area contributed by atoms with Crippen LogP contribution in [0.4, 0.5) is 11.4 Å². The Balaban J connectivity index is 1.70. The van der Waals surface area contributed by atoms with E-state index >= 15 is 0 Å². The molecule has 0 amide bonds. The van der Waals surface area contributed by atoms with Gasteiger partial charge in [-0.25, -0.2) is 16.8 Å². The minimum absolute atomic E-state index is 0.0459. The number of fused-ring (bicyclic) bond motifs is 1. The van der Waals surface area contributed by atoms with E-state index in [2.05, 4.69) is 5.32 Å². The summed E-state index contributed by atoms with van der Waals surface area (Å²) in [6.45, 7) is 7.82. The molecule has 0 aliphatic carbocycles. The Morgan fingerprint density at radius 2 is 1.23 bits per heavy atom. The smallest absolute Gasteiger partial charge is 0.264 e. The molecule has 4 aromatic carbocycles. The molecule has 0 saturated heterocycles. The second-order valence-corrected chi connectivity index (χ2v) is 15.3. The summed E-state index contributed by atoms with van der Waals surface area (Å²) in [6.07, 6.45) is 0.546. The van der Waals surface area contributed by atoms with Gasteiger partial charge in [-0.3, -0.25) is 4.31 Å². The summed E-state index contributed by atoms with van der Waals surface area (Å²) < 4.78 is 60.6. The molecule has 2 atom stereocenters. The molecule has 1 aliphatic rings. The fraction of sp³-hybridized carbons (Fsp3) is 0.294. The highest BCUT2D eigenvalue weighted by atomic mass is 32.2. The van der Waals surface area contributed by atoms with E-state index in [4.69, 9.17) is 0 Å². The quantitative estimate of drug-likeness (QED) is 0.265. The number of benzene rings is 4. The van der Waals surface area contributed by atoms with Crippen LogP contribution >= 0.6 is 0 Å². The molecule has 1 N–H and O–H groups in total. The molecule has 9 heteroatoms. The number of aryl methyl sites for hydroxylation is 2. The van der Waals surface area contributed by atoms with Gasteiger partial charge in [-0.15, -0.1) is 0 Å². The standard InChI is InChI=1S/C34H39N3O4S2/c1-25(2)34-24-37(43(40,41)31-20-16-27(4)17-21-31)33-13-9-8-12-32(33)35-29(22-28-10-6-5-7-11-28)23-36(34)42(38,39)30-18-14-26(3)15-19-30/h5-21,25,29,34-35H,22-24H2,1-4H3/t29-,34+/m0/s1. The Kier molecular flexibility index (Phi) is 8.96. The maximum Gasteiger partial charge on any atom is 0.264 e. The van der Waals surface area contributed by atoms with Crippen molar-refractivity contribution in [2.45, 2.75) is 56.0 Å². The topological polar surface area (TPSA) is 86.8 Å². The summed E-state index contributed by atoms with van der Waals surface area (Å²) >= 11 is 0. The maximum atomic E-state index is 14.5. The molecule has 0 saturated carbocycles. The second kappa shape index (κ2) is 12.5. The molecule has 0 spiro atoms. The highest BCUT2D eigenvalue weighted by molar-refractivity contribution is 7.93. The van der Waals surface area contributed by atoms with E-state index in [0.29, 0.717) is 17.8 Å². The Bertz CT molecular complexity index is 1760. The fourth-order valence-electron chi connectivity index (χ4n) is 5.54. The van der Waals surface area contributed by atoms with Crippen LogP contribution in [0.3, 0.4) is 0 Å². The summed E-state index contributed by atoms with van der Waals surface area (Å²) in [6, 6.07) is 29.8. The van der Waals surface area contributed by atoms with Gasteiger partial charge in [-0.2, -0.15) is 4.31 Å². The van der Waals surface area contributed by atoms with Crippen molar-refractivity contribution >= 4 is 31.4 Å². The Hall–Kier alpha value is -3.66. The zero-order valence-electron chi connectivity index (χ0n) is 25.0. The van der Waals surface area contributed by atoms with Gasteiger partial charge < -0.3 is 5.32 Å². The molecular formula is C34H39N3O4S2. The van der Waals surface area contributed by atoms with E-state index in [9.17, 15) is 16.8 Å². The van der Waals surface area contributed by atoms with Crippen LogP contribution in [0.5, 0.6) is 0 Å². The fourth-order valence-corrected chi connectivity index (χ4v) is 8.83. The average Bonchev–Trinajstić information content (AvgIpc) is 3.05. The van der Waals surface area contributed by atoms with Gasteiger partial charge in [0.05, 0.1) is 27.7 Å². The third-order valence-corrected chi connectivity index (χ3v) is 11.7. The number of nitrogens with zero attached hydrogens (tertiary/aromatic N) is 2. The lowest BCUT2D eigenvalue weighted by molar-refractivity contribution is 0.257. The van der Waals surface area contributed by atoms with Crippen molar-refractivity contribution in [3.8, 4) is 0 Å². The molecule has 0 unspecified atom stereocenters. The van der Waals surface area contributed by atoms with Crippen molar-refractivity contribution in [1.29, 1.82) is 0 Å². The molecule has 0 aromatic heterocycles. The molecule has 43 heavy (non-hydrogen) atoms. The summed E-state index contributed by atoms with van der Waals surface area (Å²) in [5.41, 5.74) is 4.08. The van der Waals surface area contributed by atoms with Crippen molar-refractivity contribution < 1.29 is 16.8 Å². The number of anilines is 2. The zero-order valence-corrected chi connectivity index (χ0v) is 26.6. The third kappa shape index (κ3) is 6.64. The third-order valence-electron chi connectivity index (χ3n) is 7.99. The van der Waals surface area contributed by atoms with E-state index in [1.54, 1.807) is 54.6 Å². The van der Waals surface area contributed by atoms with Gasteiger partial charge in [0.1, 0.15) is 0 Å². The molecule has 7 nitrogen and oxygen atoms in total. The average molecular weight is 618 g/mol. The van der Waals surface area contributed by atoms with Crippen molar-refractivity contribution in [2.75, 3.05) is 22.7 Å². The summed E-state index contributed by atoms with van der Waals surface area (Å²) in [5, 5.41) is 3.56. The van der Waals surface area contributed by atoms with Crippen LogP contribution in [0.25, 0.3) is 0 Å². The van der Waals surface area contributed by atoms with Gasteiger partial charge in [-0.05, 0) is 68.1 Å². The van der Waals surface area contributed by atoms with Gasteiger partial charge >= 0.3 is 0 Å². The first kappa shape index (κ1) is 30.8. The molecule has 5 rings (SSSR count). The minimum atomic E-state index is -4.06. The van der Waals surface area contributed by atoms with Crippen LogP contribution < -0.4 is 9.62 Å². The summed E-state index contributed by atoms with van der Waals surface area (Å²) in [4.78, 5) is 0.343.